The Morgan fingerprint density at radius 3 is 2.61 bits per heavy atom. The number of aromatic nitrogens is 3. The molecule has 1 N–H and O–H groups in total. The standard InChI is InChI=1S/C24H26N4O3/c1-15-19(16(2)31-27-15)14-30-18-10-8-9-17(13-18)22(29)26-23-25-20-11-6-7-12-21(20)28(23)24(3,4)5/h6-13H,14H2,1-5H3,(H,25,26,29). The molecule has 7 nitrogen and oxygen atoms in total. The Morgan fingerprint density at radius 2 is 1.90 bits per heavy atom. The van der Waals surface area contributed by atoms with Gasteiger partial charge >= 0.3 is 0 Å². The van der Waals surface area contributed by atoms with Crippen LogP contribution in [0.1, 0.15) is 48.1 Å². The zero-order valence-corrected chi connectivity index (χ0v) is 18.4. The van der Waals surface area contributed by atoms with Gasteiger partial charge in [-0.2, -0.15) is 0 Å². The molecule has 0 aliphatic heterocycles. The van der Waals surface area contributed by atoms with Gasteiger partial charge < -0.3 is 13.8 Å². The Balaban J connectivity index is 1.57. The number of amides is 1. The minimum Gasteiger partial charge on any atom is -0.489 e. The van der Waals surface area contributed by atoms with E-state index >= 15 is 0 Å². The second-order valence-electron chi connectivity index (χ2n) is 8.50. The van der Waals surface area contributed by atoms with Crippen molar-refractivity contribution in [1.82, 2.24) is 14.7 Å². The molecule has 31 heavy (non-hydrogen) atoms. The largest absolute Gasteiger partial charge is 0.489 e. The molecule has 1 amide bonds. The van der Waals surface area contributed by atoms with Crippen molar-refractivity contribution in [3.8, 4) is 5.75 Å². The number of aryl methyl sites for hydroxylation is 2. The summed E-state index contributed by atoms with van der Waals surface area (Å²) >= 11 is 0. The number of imidazole rings is 1. The lowest BCUT2D eigenvalue weighted by molar-refractivity contribution is 0.102. The summed E-state index contributed by atoms with van der Waals surface area (Å²) in [4.78, 5) is 17.7. The third kappa shape index (κ3) is 4.17. The van der Waals surface area contributed by atoms with Crippen LogP contribution >= 0.6 is 0 Å². The first-order valence-corrected chi connectivity index (χ1v) is 10.2. The third-order valence-corrected chi connectivity index (χ3v) is 5.12. The number of rotatable bonds is 5. The average molecular weight is 418 g/mol. The van der Waals surface area contributed by atoms with Gasteiger partial charge in [0, 0.05) is 11.1 Å². The summed E-state index contributed by atoms with van der Waals surface area (Å²) in [5.41, 5.74) is 3.76. The van der Waals surface area contributed by atoms with E-state index in [1.165, 1.54) is 0 Å². The van der Waals surface area contributed by atoms with Gasteiger partial charge in [-0.15, -0.1) is 0 Å². The van der Waals surface area contributed by atoms with Gasteiger partial charge in [0.05, 0.1) is 22.3 Å². The second-order valence-corrected chi connectivity index (χ2v) is 8.50. The van der Waals surface area contributed by atoms with Crippen molar-refractivity contribution in [3.63, 3.8) is 0 Å². The average Bonchev–Trinajstić information content (AvgIpc) is 3.25. The number of hydrogen-bond acceptors (Lipinski definition) is 5. The van der Waals surface area contributed by atoms with Crippen molar-refractivity contribution in [2.45, 2.75) is 46.8 Å². The molecule has 0 saturated carbocycles. The van der Waals surface area contributed by atoms with Gasteiger partial charge in [0.15, 0.2) is 0 Å². The highest BCUT2D eigenvalue weighted by atomic mass is 16.5. The zero-order valence-electron chi connectivity index (χ0n) is 18.4. The van der Waals surface area contributed by atoms with Crippen molar-refractivity contribution in [2.24, 2.45) is 0 Å². The van der Waals surface area contributed by atoms with Crippen LogP contribution in [0.3, 0.4) is 0 Å². The molecule has 2 aromatic heterocycles. The maximum absolute atomic E-state index is 13.0. The second kappa shape index (κ2) is 7.91. The molecule has 0 aliphatic carbocycles. The molecule has 7 heteroatoms. The summed E-state index contributed by atoms with van der Waals surface area (Å²) in [6, 6.07) is 14.9. The predicted molar refractivity (Wildman–Crippen MR) is 119 cm³/mol. The van der Waals surface area contributed by atoms with Crippen LogP contribution in [0.5, 0.6) is 5.75 Å². The first-order chi connectivity index (χ1) is 14.7. The van der Waals surface area contributed by atoms with E-state index in [-0.39, 0.29) is 11.4 Å². The fourth-order valence-electron chi connectivity index (χ4n) is 3.55. The molecule has 0 fully saturated rings. The van der Waals surface area contributed by atoms with E-state index in [1.807, 2.05) is 48.7 Å². The number of anilines is 1. The van der Waals surface area contributed by atoms with Gasteiger partial charge in [-0.3, -0.25) is 10.1 Å². The van der Waals surface area contributed by atoms with Crippen LogP contribution in [0.2, 0.25) is 0 Å². The number of benzene rings is 2. The molecular formula is C24H26N4O3. The number of nitrogens with one attached hydrogen (secondary N) is 1. The van der Waals surface area contributed by atoms with Crippen LogP contribution in [0.15, 0.2) is 53.1 Å². The highest BCUT2D eigenvalue weighted by Gasteiger charge is 2.23. The fraction of sp³-hybridized carbons (Fsp3) is 0.292. The van der Waals surface area contributed by atoms with Crippen LogP contribution in [-0.2, 0) is 12.1 Å². The molecule has 0 saturated heterocycles. The van der Waals surface area contributed by atoms with Gasteiger partial charge in [-0.05, 0) is 65.0 Å². The Bertz CT molecular complexity index is 1230. The van der Waals surface area contributed by atoms with E-state index in [1.54, 1.807) is 18.2 Å². The Kier molecular flexibility index (Phi) is 5.27. The van der Waals surface area contributed by atoms with Crippen LogP contribution in [-0.4, -0.2) is 20.6 Å². The number of nitrogens with zero attached hydrogens (tertiary/aromatic N) is 3. The lowest BCUT2D eigenvalue weighted by atomic mass is 10.1. The van der Waals surface area contributed by atoms with E-state index in [2.05, 4.69) is 36.2 Å². The third-order valence-electron chi connectivity index (χ3n) is 5.12. The molecule has 0 atom stereocenters. The summed E-state index contributed by atoms with van der Waals surface area (Å²) in [5, 5.41) is 6.91. The monoisotopic (exact) mass is 418 g/mol. The molecule has 0 aliphatic rings. The summed E-state index contributed by atoms with van der Waals surface area (Å²) in [6.07, 6.45) is 0. The van der Waals surface area contributed by atoms with Crippen molar-refractivity contribution < 1.29 is 14.1 Å². The highest BCUT2D eigenvalue weighted by molar-refractivity contribution is 6.04. The van der Waals surface area contributed by atoms with Crippen molar-refractivity contribution in [3.05, 3.63) is 71.1 Å². The van der Waals surface area contributed by atoms with Gasteiger partial charge in [-0.25, -0.2) is 4.98 Å². The van der Waals surface area contributed by atoms with Gasteiger partial charge in [0.1, 0.15) is 18.1 Å². The van der Waals surface area contributed by atoms with Gasteiger partial charge in [0.25, 0.3) is 5.91 Å². The first-order valence-electron chi connectivity index (χ1n) is 10.2. The molecular weight excluding hydrogens is 392 g/mol. The van der Waals surface area contributed by atoms with Gasteiger partial charge in [0.2, 0.25) is 5.95 Å². The number of ether oxygens (including phenoxy) is 1. The predicted octanol–water partition coefficient (Wildman–Crippen LogP) is 5.23. The molecule has 2 heterocycles. The van der Waals surface area contributed by atoms with E-state index in [9.17, 15) is 4.79 Å². The molecule has 0 bridgehead atoms. The fourth-order valence-corrected chi connectivity index (χ4v) is 3.55. The minimum absolute atomic E-state index is 0.247. The van der Waals surface area contributed by atoms with Crippen molar-refractivity contribution in [1.29, 1.82) is 0 Å². The van der Waals surface area contributed by atoms with E-state index in [4.69, 9.17) is 9.26 Å². The summed E-state index contributed by atoms with van der Waals surface area (Å²) in [6.45, 7) is 10.3. The molecule has 0 unspecified atom stereocenters. The SMILES string of the molecule is Cc1noc(C)c1COc1cccc(C(=O)Nc2nc3ccccc3n2C(C)(C)C)c1. The van der Waals surface area contributed by atoms with Crippen molar-refractivity contribution in [2.75, 3.05) is 5.32 Å². The summed E-state index contributed by atoms with van der Waals surface area (Å²) < 4.78 is 13.1. The molecule has 4 aromatic rings. The normalized spacial score (nSPS) is 11.6. The van der Waals surface area contributed by atoms with Crippen LogP contribution < -0.4 is 10.1 Å². The van der Waals surface area contributed by atoms with Crippen molar-refractivity contribution >= 4 is 22.9 Å². The molecule has 160 valence electrons. The summed E-state index contributed by atoms with van der Waals surface area (Å²) in [7, 11) is 0. The number of carbonyl (C=O) groups excluding carboxylic acids is 1. The highest BCUT2D eigenvalue weighted by Crippen LogP contribution is 2.28. The number of hydrogen-bond donors (Lipinski definition) is 1. The number of carbonyl (C=O) groups is 1. The Hall–Kier alpha value is -3.61. The molecule has 2 aromatic carbocycles. The summed E-state index contributed by atoms with van der Waals surface area (Å²) in [5.74, 6) is 1.59. The molecule has 4 rings (SSSR count). The molecule has 0 spiro atoms. The Morgan fingerprint density at radius 1 is 1.13 bits per heavy atom. The first kappa shape index (κ1) is 20.7. The van der Waals surface area contributed by atoms with Crippen LogP contribution in [0.4, 0.5) is 5.95 Å². The van der Waals surface area contributed by atoms with E-state index < -0.39 is 0 Å². The topological polar surface area (TPSA) is 82.2 Å². The maximum atomic E-state index is 13.0. The van der Waals surface area contributed by atoms with Crippen LogP contribution in [0, 0.1) is 13.8 Å². The van der Waals surface area contributed by atoms with Crippen LogP contribution in [0.25, 0.3) is 11.0 Å². The molecule has 0 radical (unpaired) electrons. The maximum Gasteiger partial charge on any atom is 0.258 e. The Labute approximate surface area is 181 Å². The van der Waals surface area contributed by atoms with E-state index in [0.29, 0.717) is 23.9 Å². The quantitative estimate of drug-likeness (QED) is 0.480. The number of fused-ring (bicyclic) bond motifs is 1. The number of para-hydroxylation sites is 2. The lowest BCUT2D eigenvalue weighted by Gasteiger charge is -2.24. The smallest absolute Gasteiger partial charge is 0.258 e. The van der Waals surface area contributed by atoms with Gasteiger partial charge in [-0.1, -0.05) is 23.4 Å². The van der Waals surface area contributed by atoms with E-state index in [0.717, 1.165) is 28.1 Å². The zero-order chi connectivity index (χ0) is 22.2. The minimum atomic E-state index is -0.252. The lowest BCUT2D eigenvalue weighted by Crippen LogP contribution is -2.25.